The molecule has 0 aromatic rings. The molecule has 2 saturated heterocycles. The average molecular weight is 433 g/mol. The Balaban J connectivity index is 1.98. The van der Waals surface area contributed by atoms with Crippen LogP contribution in [-0.4, -0.2) is 47.9 Å². The van der Waals surface area contributed by atoms with E-state index in [0.717, 1.165) is 24.0 Å². The second kappa shape index (κ2) is 8.99. The maximum atomic E-state index is 12.4. The van der Waals surface area contributed by atoms with Crippen LogP contribution in [0.5, 0.6) is 0 Å². The minimum absolute atomic E-state index is 0.270. The van der Waals surface area contributed by atoms with Crippen LogP contribution in [0.2, 0.25) is 0 Å². The molecule has 3 aliphatic rings. The molecule has 0 spiro atoms. The molecule has 6 atom stereocenters. The number of allylic oxidation sites excluding steroid dienone is 1. The predicted octanol–water partition coefficient (Wildman–Crippen LogP) is 3.57. The number of ether oxygens (including phenoxy) is 4. The lowest BCUT2D eigenvalue weighted by Gasteiger charge is -2.27. The summed E-state index contributed by atoms with van der Waals surface area (Å²) in [6, 6.07) is 0. The van der Waals surface area contributed by atoms with Gasteiger partial charge in [-0.3, -0.25) is 9.59 Å². The standard InChI is InChI=1S/C24H32O7/c1-13-8-7-9-24(6)22(31-24)21-20(15(3)23(27)30-21)19(29-17(5)26)12-14(2)11-18(10-13)28-16(4)25/h8,11,18-22H,3,7,9-10,12H2,1-2,4-6H3/b13-8-,14-11-/t18-,19-,20-,21+,22+,24+/m0/s1. The molecular formula is C24H32O7. The van der Waals surface area contributed by atoms with Gasteiger partial charge in [0.2, 0.25) is 0 Å². The molecule has 2 heterocycles. The van der Waals surface area contributed by atoms with E-state index in [2.05, 4.69) is 12.7 Å². The Hall–Kier alpha value is -2.41. The SMILES string of the molecule is C=C1C(=O)O[C@@H]2[C@@H]1[C@@H](OC(C)=O)C/C(C)=C\[C@@H](OC(C)=O)C/C(C)=C\CC[C@@]1(C)O[C@H]21. The van der Waals surface area contributed by atoms with Gasteiger partial charge in [0.1, 0.15) is 24.4 Å². The summed E-state index contributed by atoms with van der Waals surface area (Å²) in [5, 5.41) is 0. The highest BCUT2D eigenvalue weighted by molar-refractivity contribution is 5.91. The van der Waals surface area contributed by atoms with Gasteiger partial charge in [-0.2, -0.15) is 0 Å². The topological polar surface area (TPSA) is 91.4 Å². The summed E-state index contributed by atoms with van der Waals surface area (Å²) in [5.74, 6) is -1.78. The summed E-state index contributed by atoms with van der Waals surface area (Å²) >= 11 is 0. The van der Waals surface area contributed by atoms with Crippen molar-refractivity contribution in [1.82, 2.24) is 0 Å². The van der Waals surface area contributed by atoms with Crippen LogP contribution in [0.25, 0.3) is 0 Å². The fourth-order valence-corrected chi connectivity index (χ4v) is 4.68. The number of carbonyl (C=O) groups excluding carboxylic acids is 3. The van der Waals surface area contributed by atoms with Crippen molar-refractivity contribution in [2.75, 3.05) is 0 Å². The van der Waals surface area contributed by atoms with Crippen molar-refractivity contribution in [1.29, 1.82) is 0 Å². The van der Waals surface area contributed by atoms with Crippen LogP contribution in [0, 0.1) is 5.92 Å². The Kier molecular flexibility index (Phi) is 6.74. The lowest BCUT2D eigenvalue weighted by molar-refractivity contribution is -0.150. The summed E-state index contributed by atoms with van der Waals surface area (Å²) in [7, 11) is 0. The number of hydrogen-bond acceptors (Lipinski definition) is 7. The zero-order chi connectivity index (χ0) is 22.9. The van der Waals surface area contributed by atoms with Crippen LogP contribution >= 0.6 is 0 Å². The van der Waals surface area contributed by atoms with Gasteiger partial charge in [-0.05, 0) is 39.7 Å². The van der Waals surface area contributed by atoms with Crippen LogP contribution in [0.4, 0.5) is 0 Å². The van der Waals surface area contributed by atoms with Gasteiger partial charge in [-0.15, -0.1) is 0 Å². The van der Waals surface area contributed by atoms with E-state index in [4.69, 9.17) is 18.9 Å². The van der Waals surface area contributed by atoms with E-state index in [1.54, 1.807) is 0 Å². The third-order valence-electron chi connectivity index (χ3n) is 6.19. The highest BCUT2D eigenvalue weighted by Gasteiger charge is 2.63. The lowest BCUT2D eigenvalue weighted by atomic mass is 9.83. The predicted molar refractivity (Wildman–Crippen MR) is 113 cm³/mol. The third kappa shape index (κ3) is 5.45. The van der Waals surface area contributed by atoms with Gasteiger partial charge in [0.15, 0.2) is 0 Å². The molecule has 7 nitrogen and oxygen atoms in total. The highest BCUT2D eigenvalue weighted by Crippen LogP contribution is 2.49. The first-order valence-electron chi connectivity index (χ1n) is 10.7. The molecule has 0 bridgehead atoms. The second-order valence-electron chi connectivity index (χ2n) is 9.08. The molecule has 7 heteroatoms. The molecule has 3 rings (SSSR count). The van der Waals surface area contributed by atoms with Crippen molar-refractivity contribution >= 4 is 17.9 Å². The lowest BCUT2D eigenvalue weighted by Crippen LogP contribution is -2.38. The van der Waals surface area contributed by atoms with Crippen molar-refractivity contribution in [2.45, 2.75) is 90.3 Å². The first-order chi connectivity index (χ1) is 14.5. The van der Waals surface area contributed by atoms with E-state index >= 15 is 0 Å². The zero-order valence-corrected chi connectivity index (χ0v) is 18.9. The van der Waals surface area contributed by atoms with Gasteiger partial charge in [-0.25, -0.2) is 4.79 Å². The molecule has 31 heavy (non-hydrogen) atoms. The Morgan fingerprint density at radius 3 is 2.45 bits per heavy atom. The van der Waals surface area contributed by atoms with Gasteiger partial charge < -0.3 is 18.9 Å². The number of carbonyl (C=O) groups is 3. The molecule has 0 amide bonds. The molecule has 0 radical (unpaired) electrons. The van der Waals surface area contributed by atoms with E-state index in [1.807, 2.05) is 26.8 Å². The van der Waals surface area contributed by atoms with Crippen LogP contribution in [0.15, 0.2) is 35.5 Å². The van der Waals surface area contributed by atoms with Crippen LogP contribution in [0.3, 0.4) is 0 Å². The van der Waals surface area contributed by atoms with Gasteiger partial charge in [0.05, 0.1) is 11.5 Å². The zero-order valence-electron chi connectivity index (χ0n) is 18.9. The molecule has 170 valence electrons. The molecule has 0 N–H and O–H groups in total. The summed E-state index contributed by atoms with van der Waals surface area (Å²) in [6.07, 6.45) is 4.62. The minimum Gasteiger partial charge on any atom is -0.461 e. The van der Waals surface area contributed by atoms with Gasteiger partial charge in [-0.1, -0.05) is 23.8 Å². The smallest absolute Gasteiger partial charge is 0.334 e. The van der Waals surface area contributed by atoms with E-state index < -0.39 is 41.8 Å². The van der Waals surface area contributed by atoms with Crippen molar-refractivity contribution in [3.63, 3.8) is 0 Å². The summed E-state index contributed by atoms with van der Waals surface area (Å²) < 4.78 is 22.8. The average Bonchev–Trinajstić information content (AvgIpc) is 3.20. The molecule has 2 fully saturated rings. The number of fused-ring (bicyclic) bond motifs is 3. The van der Waals surface area contributed by atoms with Crippen LogP contribution < -0.4 is 0 Å². The molecule has 0 aromatic heterocycles. The van der Waals surface area contributed by atoms with Crippen molar-refractivity contribution in [3.05, 3.63) is 35.5 Å². The summed E-state index contributed by atoms with van der Waals surface area (Å²) in [5.41, 5.74) is 1.87. The first kappa shape index (κ1) is 23.3. The molecular weight excluding hydrogens is 400 g/mol. The largest absolute Gasteiger partial charge is 0.461 e. The molecule has 1 aliphatic carbocycles. The maximum Gasteiger partial charge on any atom is 0.334 e. The monoisotopic (exact) mass is 432 g/mol. The van der Waals surface area contributed by atoms with Crippen molar-refractivity contribution in [3.8, 4) is 0 Å². The highest BCUT2D eigenvalue weighted by atomic mass is 16.6. The molecule has 0 saturated carbocycles. The first-order valence-corrected chi connectivity index (χ1v) is 10.7. The normalized spacial score (nSPS) is 39.5. The summed E-state index contributed by atoms with van der Waals surface area (Å²) in [4.78, 5) is 35.9. The number of hydrogen-bond donors (Lipinski definition) is 0. The van der Waals surface area contributed by atoms with Gasteiger partial charge >= 0.3 is 17.9 Å². The molecule has 0 unspecified atom stereocenters. The van der Waals surface area contributed by atoms with E-state index in [9.17, 15) is 14.4 Å². The number of rotatable bonds is 2. The Labute approximate surface area is 183 Å². The van der Waals surface area contributed by atoms with E-state index in [0.29, 0.717) is 18.4 Å². The van der Waals surface area contributed by atoms with Crippen LogP contribution in [-0.2, 0) is 33.3 Å². The minimum atomic E-state index is -0.635. The van der Waals surface area contributed by atoms with Gasteiger partial charge in [0.25, 0.3) is 0 Å². The van der Waals surface area contributed by atoms with E-state index in [-0.39, 0.29) is 12.1 Å². The maximum absolute atomic E-state index is 12.4. The van der Waals surface area contributed by atoms with E-state index in [1.165, 1.54) is 13.8 Å². The third-order valence-corrected chi connectivity index (χ3v) is 6.19. The Morgan fingerprint density at radius 1 is 1.13 bits per heavy atom. The van der Waals surface area contributed by atoms with Gasteiger partial charge in [0, 0.05) is 32.3 Å². The van der Waals surface area contributed by atoms with Crippen LogP contribution in [0.1, 0.15) is 60.3 Å². The number of epoxide rings is 1. The fraction of sp³-hybridized carbons (Fsp3) is 0.625. The Bertz CT molecular complexity index is 839. The quantitative estimate of drug-likeness (QED) is 0.217. The fourth-order valence-electron chi connectivity index (χ4n) is 4.68. The second-order valence-corrected chi connectivity index (χ2v) is 9.08. The van der Waals surface area contributed by atoms with Crippen molar-refractivity contribution in [2.24, 2.45) is 5.92 Å². The molecule has 2 aliphatic heterocycles. The summed E-state index contributed by atoms with van der Waals surface area (Å²) in [6.45, 7) is 12.6. The molecule has 0 aromatic carbocycles. The Morgan fingerprint density at radius 2 is 1.81 bits per heavy atom. The number of esters is 3. The van der Waals surface area contributed by atoms with Crippen molar-refractivity contribution < 1.29 is 33.3 Å².